The Morgan fingerprint density at radius 3 is 2.67 bits per heavy atom. The first-order chi connectivity index (χ1) is 14.6. The number of hydrogen-bond donors (Lipinski definition) is 3. The van der Waals surface area contributed by atoms with E-state index in [2.05, 4.69) is 4.98 Å². The third kappa shape index (κ3) is 3.35. The number of aliphatic hydroxyl groups is 1. The third-order valence-electron chi connectivity index (χ3n) is 5.19. The zero-order valence-corrected chi connectivity index (χ0v) is 16.8. The number of rotatable bonds is 6. The van der Waals surface area contributed by atoms with Gasteiger partial charge in [0.25, 0.3) is 0 Å². The van der Waals surface area contributed by atoms with Gasteiger partial charge in [0, 0.05) is 30.7 Å². The molecule has 0 bridgehead atoms. The smallest absolute Gasteiger partial charge is 0.228 e. The van der Waals surface area contributed by atoms with Crippen LogP contribution in [0.25, 0.3) is 0 Å². The lowest BCUT2D eigenvalue weighted by molar-refractivity contribution is 0.278. The Balaban J connectivity index is 1.94. The first-order valence-electron chi connectivity index (χ1n) is 9.54. The molecule has 1 aromatic heterocycles. The van der Waals surface area contributed by atoms with Crippen LogP contribution in [0.2, 0.25) is 0 Å². The summed E-state index contributed by atoms with van der Waals surface area (Å²) in [6.07, 6.45) is 2.06. The summed E-state index contributed by atoms with van der Waals surface area (Å²) < 4.78 is 18.5. The topological polar surface area (TPSA) is 110 Å². The molecule has 0 aliphatic carbocycles. The summed E-state index contributed by atoms with van der Waals surface area (Å²) in [7, 11) is 3.15. The number of nitrogens with zero attached hydrogens (tertiary/aromatic N) is 2. The number of hydrogen-bond acceptors (Lipinski definition) is 7. The van der Waals surface area contributed by atoms with Gasteiger partial charge in [0.1, 0.15) is 23.3 Å². The van der Waals surface area contributed by atoms with E-state index >= 15 is 0 Å². The van der Waals surface area contributed by atoms with Crippen molar-refractivity contribution in [1.82, 2.24) is 9.55 Å². The van der Waals surface area contributed by atoms with E-state index in [0.29, 0.717) is 41.7 Å². The molecule has 0 saturated heterocycles. The third-order valence-corrected chi connectivity index (χ3v) is 5.19. The lowest BCUT2D eigenvalue weighted by atomic mass is 9.83. The van der Waals surface area contributed by atoms with Crippen molar-refractivity contribution < 1.29 is 24.4 Å². The molecule has 3 aromatic rings. The van der Waals surface area contributed by atoms with Gasteiger partial charge in [-0.15, -0.1) is 0 Å². The largest absolute Gasteiger partial charge is 0.508 e. The second-order valence-electron chi connectivity index (χ2n) is 6.95. The number of benzene rings is 2. The van der Waals surface area contributed by atoms with E-state index in [4.69, 9.17) is 19.6 Å². The van der Waals surface area contributed by atoms with Crippen LogP contribution in [0.5, 0.6) is 28.9 Å². The van der Waals surface area contributed by atoms with Gasteiger partial charge in [-0.1, -0.05) is 12.1 Å². The van der Waals surface area contributed by atoms with Crippen molar-refractivity contribution in [3.05, 3.63) is 64.9 Å². The van der Waals surface area contributed by atoms with Gasteiger partial charge in [-0.25, -0.2) is 4.98 Å². The van der Waals surface area contributed by atoms with Crippen LogP contribution in [0.4, 0.5) is 0 Å². The summed E-state index contributed by atoms with van der Waals surface area (Å²) in [6.45, 7) is 0.498. The fourth-order valence-corrected chi connectivity index (χ4v) is 3.75. The van der Waals surface area contributed by atoms with Gasteiger partial charge in [0.05, 0.1) is 19.8 Å². The first kappa shape index (κ1) is 19.8. The Kier molecular flexibility index (Phi) is 5.33. The number of phenolic OH excluding ortho intramolecular Hbond substituents is 1. The van der Waals surface area contributed by atoms with Crippen LogP contribution in [-0.2, 0) is 6.54 Å². The molecule has 2 aromatic carbocycles. The van der Waals surface area contributed by atoms with Crippen LogP contribution in [0.3, 0.4) is 0 Å². The van der Waals surface area contributed by atoms with Crippen molar-refractivity contribution in [3.8, 4) is 28.9 Å². The Hall–Kier alpha value is -3.52. The molecule has 0 fully saturated rings. The molecule has 8 heteroatoms. The fraction of sp³-hybridized carbons (Fsp3) is 0.273. The molecule has 156 valence electrons. The Bertz CT molecular complexity index is 1140. The molecule has 8 nitrogen and oxygen atoms in total. The minimum absolute atomic E-state index is 0.0290. The first-order valence-corrected chi connectivity index (χ1v) is 9.54. The maximum atomic E-state index is 9.94. The highest BCUT2D eigenvalue weighted by atomic mass is 16.5. The second-order valence-corrected chi connectivity index (χ2v) is 6.95. The van der Waals surface area contributed by atoms with Crippen molar-refractivity contribution in [2.24, 2.45) is 0 Å². The zero-order valence-electron chi connectivity index (χ0n) is 16.8. The number of nitrogens with one attached hydrogen (secondary N) is 1. The molecule has 1 unspecified atom stereocenters. The number of phenols is 1. The van der Waals surface area contributed by atoms with Crippen molar-refractivity contribution in [2.45, 2.75) is 18.9 Å². The van der Waals surface area contributed by atoms with E-state index in [9.17, 15) is 10.2 Å². The van der Waals surface area contributed by atoms with Crippen LogP contribution < -0.4 is 19.7 Å². The average Bonchev–Trinajstić information content (AvgIpc) is 2.76. The number of fused-ring (bicyclic) bond motifs is 2. The number of aromatic nitrogens is 2. The van der Waals surface area contributed by atoms with Crippen LogP contribution in [0.1, 0.15) is 29.0 Å². The van der Waals surface area contributed by atoms with Gasteiger partial charge in [0.15, 0.2) is 11.5 Å². The normalized spacial score (nSPS) is 14.4. The Labute approximate surface area is 173 Å². The van der Waals surface area contributed by atoms with Gasteiger partial charge < -0.3 is 29.0 Å². The van der Waals surface area contributed by atoms with E-state index in [1.54, 1.807) is 37.0 Å². The number of methoxy groups -OCH3 is 2. The predicted molar refractivity (Wildman–Crippen MR) is 108 cm³/mol. The van der Waals surface area contributed by atoms with Gasteiger partial charge >= 0.3 is 0 Å². The van der Waals surface area contributed by atoms with Crippen LogP contribution >= 0.6 is 0 Å². The highest BCUT2D eigenvalue weighted by molar-refractivity contribution is 5.58. The van der Waals surface area contributed by atoms with Gasteiger partial charge in [-0.2, -0.15) is 0 Å². The SMILES string of the molecule is COc1ccc(C2c3ccc(O)cc3Oc3ncn(CCCO)c(=N)c32)cc1OC. The summed E-state index contributed by atoms with van der Waals surface area (Å²) in [5, 5.41) is 27.9. The molecule has 1 aliphatic heterocycles. The van der Waals surface area contributed by atoms with E-state index in [1.807, 2.05) is 18.2 Å². The maximum Gasteiger partial charge on any atom is 0.228 e. The summed E-state index contributed by atoms with van der Waals surface area (Å²) in [4.78, 5) is 4.42. The number of aromatic hydroxyl groups is 1. The summed E-state index contributed by atoms with van der Waals surface area (Å²) >= 11 is 0. The van der Waals surface area contributed by atoms with Crippen LogP contribution in [-0.4, -0.2) is 40.6 Å². The minimum Gasteiger partial charge on any atom is -0.508 e. The molecule has 30 heavy (non-hydrogen) atoms. The van der Waals surface area contributed by atoms with E-state index in [1.165, 1.54) is 6.33 Å². The van der Waals surface area contributed by atoms with Gasteiger partial charge in [0.2, 0.25) is 5.88 Å². The summed E-state index contributed by atoms with van der Waals surface area (Å²) in [5.41, 5.74) is 2.55. The molecule has 0 saturated carbocycles. The second kappa shape index (κ2) is 8.08. The van der Waals surface area contributed by atoms with Gasteiger partial charge in [-0.3, -0.25) is 5.41 Å². The van der Waals surface area contributed by atoms with Crippen molar-refractivity contribution in [3.63, 3.8) is 0 Å². The summed E-state index contributed by atoms with van der Waals surface area (Å²) in [6, 6.07) is 10.6. The predicted octanol–water partition coefficient (Wildman–Crippen LogP) is 2.75. The molecule has 3 N–H and O–H groups in total. The fourth-order valence-electron chi connectivity index (χ4n) is 3.75. The number of ether oxygens (including phenoxy) is 3. The van der Waals surface area contributed by atoms with Crippen molar-refractivity contribution >= 4 is 0 Å². The standard InChI is InChI=1S/C22H23N3O5/c1-28-16-7-4-13(10-18(16)29-2)19-15-6-5-14(27)11-17(15)30-22-20(19)21(23)25(12-24-22)8-3-9-26/h4-7,10-12,19,23,26-27H,3,8-9H2,1-2H3. The quantitative estimate of drug-likeness (QED) is 0.452. The highest BCUT2D eigenvalue weighted by Crippen LogP contribution is 2.47. The van der Waals surface area contributed by atoms with Crippen molar-refractivity contribution in [1.29, 1.82) is 5.41 Å². The van der Waals surface area contributed by atoms with E-state index in [0.717, 1.165) is 11.1 Å². The minimum atomic E-state index is -0.356. The zero-order chi connectivity index (χ0) is 21.3. The summed E-state index contributed by atoms with van der Waals surface area (Å²) in [5.74, 6) is 1.72. The molecular weight excluding hydrogens is 386 g/mol. The van der Waals surface area contributed by atoms with Crippen LogP contribution in [0.15, 0.2) is 42.7 Å². The molecule has 4 rings (SSSR count). The number of aliphatic hydroxyl groups excluding tert-OH is 1. The maximum absolute atomic E-state index is 9.94. The molecule has 0 amide bonds. The van der Waals surface area contributed by atoms with Gasteiger partial charge in [-0.05, 0) is 30.2 Å². The number of aryl methyl sites for hydroxylation is 1. The highest BCUT2D eigenvalue weighted by Gasteiger charge is 2.32. The monoisotopic (exact) mass is 409 g/mol. The van der Waals surface area contributed by atoms with E-state index in [-0.39, 0.29) is 23.8 Å². The molecule has 0 radical (unpaired) electrons. The Morgan fingerprint density at radius 1 is 1.13 bits per heavy atom. The Morgan fingerprint density at radius 2 is 1.93 bits per heavy atom. The average molecular weight is 409 g/mol. The molecule has 2 heterocycles. The van der Waals surface area contributed by atoms with Crippen molar-refractivity contribution in [2.75, 3.05) is 20.8 Å². The molecule has 0 spiro atoms. The van der Waals surface area contributed by atoms with Crippen LogP contribution in [0, 0.1) is 5.41 Å². The molecule has 1 aliphatic rings. The molecular formula is C22H23N3O5. The lowest BCUT2D eigenvalue weighted by Crippen LogP contribution is -2.30. The van der Waals surface area contributed by atoms with E-state index < -0.39 is 0 Å². The lowest BCUT2D eigenvalue weighted by Gasteiger charge is -2.29. The molecule has 1 atom stereocenters.